The van der Waals surface area contributed by atoms with E-state index >= 15 is 0 Å². The van der Waals surface area contributed by atoms with Gasteiger partial charge in [0.05, 0.1) is 17.9 Å². The molecule has 1 aliphatic carbocycles. The van der Waals surface area contributed by atoms with Crippen LogP contribution in [0.15, 0.2) is 17.1 Å². The summed E-state index contributed by atoms with van der Waals surface area (Å²) in [6, 6.07) is -1.82. The SMILES string of the molecule is [2H]C(F)(F)c1cc2cnc(NC3C([2H])([2H])CN(S(=O)(=O)C([2H])([2H])[2H])CC3([2H])[2H])nc2n([C@H]2CC[C@H](O)[C@H]2C)c1=O. The van der Waals surface area contributed by atoms with Crippen molar-refractivity contribution in [3.8, 4) is 0 Å². The van der Waals surface area contributed by atoms with Crippen LogP contribution in [-0.2, 0) is 10.0 Å². The summed E-state index contributed by atoms with van der Waals surface area (Å²) in [6.45, 7) is -0.373. The van der Waals surface area contributed by atoms with Gasteiger partial charge in [-0.25, -0.2) is 26.5 Å². The summed E-state index contributed by atoms with van der Waals surface area (Å²) in [5, 5.41) is 12.6. The molecule has 1 aliphatic heterocycles. The first-order valence-electron chi connectivity index (χ1n) is 13.8. The first kappa shape index (κ1) is 14.9. The molecule has 4 rings (SSSR count). The van der Waals surface area contributed by atoms with Crippen molar-refractivity contribution in [3.63, 3.8) is 0 Å². The fraction of sp³-hybridized carbons (Fsp3) is 0.650. The van der Waals surface area contributed by atoms with Crippen LogP contribution in [0.3, 0.4) is 0 Å². The minimum atomic E-state index is -5.05. The highest BCUT2D eigenvalue weighted by molar-refractivity contribution is 7.88. The minimum absolute atomic E-state index is 0.0646. The Morgan fingerprint density at radius 1 is 1.38 bits per heavy atom. The van der Waals surface area contributed by atoms with E-state index in [0.29, 0.717) is 0 Å². The number of nitrogens with zero attached hydrogens (tertiary/aromatic N) is 4. The molecule has 32 heavy (non-hydrogen) atoms. The molecule has 0 bridgehead atoms. The van der Waals surface area contributed by atoms with Gasteiger partial charge in [0.25, 0.3) is 12.0 Å². The number of sulfonamides is 1. The van der Waals surface area contributed by atoms with Crippen LogP contribution >= 0.6 is 0 Å². The summed E-state index contributed by atoms with van der Waals surface area (Å²) >= 11 is 0. The molecule has 0 radical (unpaired) electrons. The number of nitrogens with one attached hydrogen (secondary N) is 1. The van der Waals surface area contributed by atoms with Crippen LogP contribution in [0.25, 0.3) is 11.0 Å². The van der Waals surface area contributed by atoms with Gasteiger partial charge in [-0.05, 0) is 31.7 Å². The zero-order valence-corrected chi connectivity index (χ0v) is 17.7. The van der Waals surface area contributed by atoms with Crippen molar-refractivity contribution in [1.82, 2.24) is 18.8 Å². The average molecular weight is 480 g/mol. The Morgan fingerprint density at radius 3 is 2.69 bits per heavy atom. The molecule has 0 aromatic carbocycles. The van der Waals surface area contributed by atoms with Crippen molar-refractivity contribution < 1.29 is 33.3 Å². The number of aliphatic hydroxyl groups excluding tert-OH is 1. The second-order valence-electron chi connectivity index (χ2n) is 7.80. The molecule has 2 aliphatic rings. The van der Waals surface area contributed by atoms with E-state index < -0.39 is 89.6 Å². The standard InChI is InChI=1S/C20H27F2N5O4S/c1-11-15(3-4-16(11)28)27-18-12(9-14(17(21)22)19(27)29)10-23-20(25-18)24-13-5-7-26(8-6-13)32(2,30)31/h9-11,13,15-17,28H,3-8H2,1-2H3,(H,23,24,25)/t11-,15-,16-/m0/s1/i2D3,5D2,6D2,17D. The Balaban J connectivity index is 1.79. The Morgan fingerprint density at radius 2 is 2.09 bits per heavy atom. The number of aliphatic hydroxyl groups is 1. The highest BCUT2D eigenvalue weighted by atomic mass is 32.2. The van der Waals surface area contributed by atoms with Gasteiger partial charge in [-0.1, -0.05) is 6.92 Å². The largest absolute Gasteiger partial charge is 0.393 e. The number of piperidine rings is 1. The number of alkyl halides is 2. The highest BCUT2D eigenvalue weighted by Gasteiger charge is 2.35. The Kier molecular flexibility index (Phi) is 4.01. The fourth-order valence-corrected chi connectivity index (χ4v) is 4.53. The number of hydrogen-bond donors (Lipinski definition) is 2. The van der Waals surface area contributed by atoms with E-state index in [1.165, 1.54) is 0 Å². The second kappa shape index (κ2) is 8.64. The molecule has 2 fully saturated rings. The van der Waals surface area contributed by atoms with Crippen LogP contribution in [0.5, 0.6) is 0 Å². The summed E-state index contributed by atoms with van der Waals surface area (Å²) in [5.41, 5.74) is -2.52. The number of fused-ring (bicyclic) bond motifs is 1. The molecule has 2 aromatic rings. The van der Waals surface area contributed by atoms with Crippen molar-refractivity contribution in [3.05, 3.63) is 28.2 Å². The molecule has 9 nitrogen and oxygen atoms in total. The molecule has 1 saturated carbocycles. The lowest BCUT2D eigenvalue weighted by molar-refractivity contribution is 0.127. The third-order valence-corrected chi connectivity index (χ3v) is 6.78. The van der Waals surface area contributed by atoms with Crippen LogP contribution in [0.1, 0.15) is 61.5 Å². The summed E-state index contributed by atoms with van der Waals surface area (Å²) in [5.74, 6) is -0.961. The summed E-state index contributed by atoms with van der Waals surface area (Å²) < 4.78 is 116. The molecular weight excluding hydrogens is 444 g/mol. The van der Waals surface area contributed by atoms with Crippen LogP contribution in [0.4, 0.5) is 14.7 Å². The Hall–Kier alpha value is -2.18. The monoisotopic (exact) mass is 479 g/mol. The maximum Gasteiger partial charge on any atom is 0.269 e. The molecule has 2 N–H and O–H groups in total. The zero-order chi connectivity index (χ0) is 30.2. The van der Waals surface area contributed by atoms with Gasteiger partial charge >= 0.3 is 0 Å². The molecule has 0 spiro atoms. The first-order chi connectivity index (χ1) is 18.1. The predicted molar refractivity (Wildman–Crippen MR) is 115 cm³/mol. The summed E-state index contributed by atoms with van der Waals surface area (Å²) in [4.78, 5) is 21.3. The second-order valence-corrected chi connectivity index (χ2v) is 9.26. The molecular formula is C20H27F2N5O4S. The molecule has 2 aromatic heterocycles. The zero-order valence-electron chi connectivity index (χ0n) is 24.9. The van der Waals surface area contributed by atoms with Gasteiger partial charge in [0.1, 0.15) is 7.02 Å². The minimum Gasteiger partial charge on any atom is -0.393 e. The van der Waals surface area contributed by atoms with Gasteiger partial charge in [-0.2, -0.15) is 4.98 Å². The van der Waals surface area contributed by atoms with E-state index in [1.54, 1.807) is 6.92 Å². The van der Waals surface area contributed by atoms with E-state index in [1.807, 2.05) is 0 Å². The number of hydrogen-bond acceptors (Lipinski definition) is 7. The first-order valence-corrected chi connectivity index (χ1v) is 11.3. The van der Waals surface area contributed by atoms with Crippen LogP contribution in [0.2, 0.25) is 0 Å². The Labute approximate surface area is 195 Å². The van der Waals surface area contributed by atoms with Crippen molar-refractivity contribution in [2.24, 2.45) is 5.92 Å². The van der Waals surface area contributed by atoms with Crippen molar-refractivity contribution in [2.75, 3.05) is 24.6 Å². The van der Waals surface area contributed by atoms with Crippen LogP contribution in [0, 0.1) is 5.92 Å². The average Bonchev–Trinajstić information content (AvgIpc) is 3.11. The molecule has 1 saturated heterocycles. The van der Waals surface area contributed by atoms with Crippen molar-refractivity contribution in [2.45, 2.75) is 57.1 Å². The predicted octanol–water partition coefficient (Wildman–Crippen LogP) is 1.90. The van der Waals surface area contributed by atoms with Crippen molar-refractivity contribution >= 4 is 27.0 Å². The summed E-state index contributed by atoms with van der Waals surface area (Å²) in [7, 11) is -5.05. The fourth-order valence-electron chi connectivity index (χ4n) is 4.04. The number of pyridine rings is 1. The number of rotatable bonds is 5. The lowest BCUT2D eigenvalue weighted by Gasteiger charge is -2.30. The van der Waals surface area contributed by atoms with Gasteiger partial charge in [-0.15, -0.1) is 0 Å². The van der Waals surface area contributed by atoms with Gasteiger partial charge in [-0.3, -0.25) is 9.36 Å². The molecule has 0 amide bonds. The molecule has 3 heterocycles. The summed E-state index contributed by atoms with van der Waals surface area (Å²) in [6.07, 6.45) is -12.4. The van der Waals surface area contributed by atoms with E-state index in [2.05, 4.69) is 15.3 Å². The molecule has 0 unspecified atom stereocenters. The number of anilines is 1. The van der Waals surface area contributed by atoms with Gasteiger partial charge in [0, 0.05) is 52.3 Å². The van der Waals surface area contributed by atoms with E-state index in [4.69, 9.17) is 11.0 Å². The third-order valence-electron chi connectivity index (χ3n) is 5.84. The maximum absolute atomic E-state index is 14.0. The van der Waals surface area contributed by atoms with Crippen LogP contribution in [-0.4, -0.2) is 63.8 Å². The maximum atomic E-state index is 14.0. The molecule has 3 atom stereocenters. The topological polar surface area (TPSA) is 117 Å². The van der Waals surface area contributed by atoms with Gasteiger partial charge in [0.15, 0.2) is 0 Å². The number of aromatic nitrogens is 3. The smallest absolute Gasteiger partial charge is 0.269 e. The van der Waals surface area contributed by atoms with Gasteiger partial charge < -0.3 is 10.4 Å². The lowest BCUT2D eigenvalue weighted by atomic mass is 10.0. The van der Waals surface area contributed by atoms with E-state index in [0.717, 1.165) is 16.8 Å². The third kappa shape index (κ3) is 4.35. The number of halogens is 2. The van der Waals surface area contributed by atoms with Crippen molar-refractivity contribution in [1.29, 1.82) is 0 Å². The molecule has 12 heteroatoms. The van der Waals surface area contributed by atoms with E-state index in [9.17, 15) is 27.1 Å². The van der Waals surface area contributed by atoms with E-state index in [-0.39, 0.29) is 28.2 Å². The van der Waals surface area contributed by atoms with Gasteiger partial charge in [0.2, 0.25) is 16.0 Å². The van der Waals surface area contributed by atoms with Crippen LogP contribution < -0.4 is 10.9 Å². The highest BCUT2D eigenvalue weighted by Crippen LogP contribution is 2.37. The normalized spacial score (nSPS) is 33.2. The Bertz CT molecular complexity index is 1470. The quantitative estimate of drug-likeness (QED) is 0.673. The lowest BCUT2D eigenvalue weighted by Crippen LogP contribution is -2.42. The molecule has 176 valence electrons.